The average Bonchev–Trinajstić information content (AvgIpc) is 3.09. The van der Waals surface area contributed by atoms with Gasteiger partial charge in [-0.1, -0.05) is 26.2 Å². The van der Waals surface area contributed by atoms with Gasteiger partial charge in [-0.2, -0.15) is 4.31 Å². The van der Waals surface area contributed by atoms with Crippen molar-refractivity contribution in [2.75, 3.05) is 13.1 Å². The van der Waals surface area contributed by atoms with Crippen LogP contribution >= 0.6 is 0 Å². The lowest BCUT2D eigenvalue weighted by molar-refractivity contribution is 0.0905. The van der Waals surface area contributed by atoms with Crippen molar-refractivity contribution in [1.82, 2.24) is 14.6 Å². The van der Waals surface area contributed by atoms with Crippen molar-refractivity contribution in [3.05, 3.63) is 18.0 Å². The van der Waals surface area contributed by atoms with Crippen LogP contribution in [0.3, 0.4) is 0 Å². The van der Waals surface area contributed by atoms with E-state index in [9.17, 15) is 13.2 Å². The van der Waals surface area contributed by atoms with E-state index < -0.39 is 10.0 Å². The van der Waals surface area contributed by atoms with E-state index in [-0.39, 0.29) is 16.8 Å². The third kappa shape index (κ3) is 3.67. The number of hydrogen-bond acceptors (Lipinski definition) is 3. The molecular weight excluding hydrogens is 326 g/mol. The number of rotatable bonds is 4. The molecular formula is C17H27N3O3S. The summed E-state index contributed by atoms with van der Waals surface area (Å²) in [6.45, 7) is 3.29. The van der Waals surface area contributed by atoms with Crippen molar-refractivity contribution < 1.29 is 13.2 Å². The third-order valence-electron chi connectivity index (χ3n) is 5.28. The first-order valence-electron chi connectivity index (χ1n) is 8.98. The van der Waals surface area contributed by atoms with E-state index in [1.54, 1.807) is 0 Å². The molecule has 1 aliphatic heterocycles. The molecule has 0 radical (unpaired) electrons. The van der Waals surface area contributed by atoms with Crippen molar-refractivity contribution in [1.29, 1.82) is 0 Å². The fourth-order valence-corrected chi connectivity index (χ4v) is 5.20. The maximum absolute atomic E-state index is 12.6. The molecule has 0 spiro atoms. The van der Waals surface area contributed by atoms with E-state index in [2.05, 4.69) is 17.2 Å². The topological polar surface area (TPSA) is 82.3 Å². The molecule has 2 atom stereocenters. The van der Waals surface area contributed by atoms with E-state index in [1.165, 1.54) is 23.0 Å². The molecule has 2 aliphatic rings. The molecule has 24 heavy (non-hydrogen) atoms. The Kier molecular flexibility index (Phi) is 5.30. The zero-order valence-corrected chi connectivity index (χ0v) is 15.1. The van der Waals surface area contributed by atoms with Gasteiger partial charge in [0.05, 0.1) is 0 Å². The van der Waals surface area contributed by atoms with Crippen molar-refractivity contribution in [3.8, 4) is 0 Å². The first-order chi connectivity index (χ1) is 11.5. The van der Waals surface area contributed by atoms with Gasteiger partial charge in [-0.05, 0) is 37.7 Å². The Morgan fingerprint density at radius 3 is 2.58 bits per heavy atom. The normalized spacial score (nSPS) is 26.2. The zero-order valence-electron chi connectivity index (χ0n) is 14.3. The van der Waals surface area contributed by atoms with Gasteiger partial charge in [0.15, 0.2) is 0 Å². The van der Waals surface area contributed by atoms with Crippen LogP contribution in [0.2, 0.25) is 0 Å². The van der Waals surface area contributed by atoms with Crippen molar-refractivity contribution in [3.63, 3.8) is 0 Å². The molecule has 7 heteroatoms. The van der Waals surface area contributed by atoms with Crippen LogP contribution in [0.25, 0.3) is 0 Å². The van der Waals surface area contributed by atoms with Gasteiger partial charge in [-0.3, -0.25) is 4.79 Å². The highest BCUT2D eigenvalue weighted by Gasteiger charge is 2.28. The lowest BCUT2D eigenvalue weighted by atomic mass is 9.86. The Labute approximate surface area is 144 Å². The van der Waals surface area contributed by atoms with Gasteiger partial charge < -0.3 is 10.3 Å². The molecule has 1 saturated carbocycles. The quantitative estimate of drug-likeness (QED) is 0.872. The van der Waals surface area contributed by atoms with Crippen LogP contribution in [0.15, 0.2) is 17.2 Å². The predicted molar refractivity (Wildman–Crippen MR) is 92.3 cm³/mol. The maximum atomic E-state index is 12.6. The molecule has 1 aromatic rings. The van der Waals surface area contributed by atoms with Crippen LogP contribution < -0.4 is 5.32 Å². The van der Waals surface area contributed by atoms with Gasteiger partial charge in [0.25, 0.3) is 5.91 Å². The monoisotopic (exact) mass is 353 g/mol. The van der Waals surface area contributed by atoms with Crippen LogP contribution in [0.4, 0.5) is 0 Å². The molecule has 6 nitrogen and oxygen atoms in total. The van der Waals surface area contributed by atoms with Gasteiger partial charge in [0.2, 0.25) is 10.0 Å². The summed E-state index contributed by atoms with van der Waals surface area (Å²) < 4.78 is 26.8. The van der Waals surface area contributed by atoms with Gasteiger partial charge in [0, 0.05) is 25.3 Å². The highest BCUT2D eigenvalue weighted by atomic mass is 32.2. The van der Waals surface area contributed by atoms with Crippen LogP contribution in [0.1, 0.15) is 62.4 Å². The summed E-state index contributed by atoms with van der Waals surface area (Å²) in [4.78, 5) is 15.4. The minimum atomic E-state index is -3.50. The second kappa shape index (κ2) is 7.27. The summed E-state index contributed by atoms with van der Waals surface area (Å²) in [5.41, 5.74) is 0.323. The van der Waals surface area contributed by atoms with Gasteiger partial charge in [-0.15, -0.1) is 0 Å². The number of H-pyrrole nitrogens is 1. The lowest BCUT2D eigenvalue weighted by Gasteiger charge is -2.29. The molecule has 0 bridgehead atoms. The Balaban J connectivity index is 1.69. The number of nitrogens with zero attached hydrogens (tertiary/aromatic N) is 1. The molecule has 2 N–H and O–H groups in total. The van der Waals surface area contributed by atoms with Crippen molar-refractivity contribution in [2.24, 2.45) is 5.92 Å². The SMILES string of the molecule is C[C@H]1CCCC[C@H]1NC(=O)c1cc(S(=O)(=O)N2CCCCC2)c[nH]1. The second-order valence-corrected chi connectivity index (χ2v) is 8.99. The van der Waals surface area contributed by atoms with Crippen LogP contribution in [0.5, 0.6) is 0 Å². The number of carbonyl (C=O) groups excluding carboxylic acids is 1. The molecule has 1 aliphatic carbocycles. The standard InChI is InChI=1S/C17H27N3O3S/c1-13-7-3-4-8-15(13)19-17(21)16-11-14(12-18-16)24(22,23)20-9-5-2-6-10-20/h11-13,15,18H,2-10H2,1H3,(H,19,21)/t13-,15+/m0/s1. The number of aromatic amines is 1. The summed E-state index contributed by atoms with van der Waals surface area (Å²) in [6, 6.07) is 1.64. The van der Waals surface area contributed by atoms with E-state index in [1.807, 2.05) is 0 Å². The third-order valence-corrected chi connectivity index (χ3v) is 7.16. The number of piperidine rings is 1. The van der Waals surface area contributed by atoms with Gasteiger partial charge in [-0.25, -0.2) is 8.42 Å². The van der Waals surface area contributed by atoms with E-state index in [0.29, 0.717) is 24.7 Å². The average molecular weight is 353 g/mol. The van der Waals surface area contributed by atoms with E-state index in [4.69, 9.17) is 0 Å². The molecule has 2 fully saturated rings. The first-order valence-corrected chi connectivity index (χ1v) is 10.4. The second-order valence-electron chi connectivity index (χ2n) is 7.06. The number of sulfonamides is 1. The Bertz CT molecular complexity index is 677. The number of amides is 1. The smallest absolute Gasteiger partial charge is 0.267 e. The molecule has 0 unspecified atom stereocenters. The summed E-state index contributed by atoms with van der Waals surface area (Å²) >= 11 is 0. The van der Waals surface area contributed by atoms with Crippen LogP contribution in [0, 0.1) is 5.92 Å². The highest BCUT2D eigenvalue weighted by Crippen LogP contribution is 2.25. The number of nitrogens with one attached hydrogen (secondary N) is 2. The van der Waals surface area contributed by atoms with E-state index in [0.717, 1.165) is 38.5 Å². The molecule has 1 amide bonds. The highest BCUT2D eigenvalue weighted by molar-refractivity contribution is 7.89. The minimum Gasteiger partial charge on any atom is -0.356 e. The molecule has 1 aromatic heterocycles. The van der Waals surface area contributed by atoms with Gasteiger partial charge in [0.1, 0.15) is 10.6 Å². The maximum Gasteiger partial charge on any atom is 0.267 e. The number of hydrogen-bond donors (Lipinski definition) is 2. The minimum absolute atomic E-state index is 0.178. The molecule has 3 rings (SSSR count). The lowest BCUT2D eigenvalue weighted by Crippen LogP contribution is -2.41. The molecule has 0 aromatic carbocycles. The Hall–Kier alpha value is -1.34. The Morgan fingerprint density at radius 1 is 1.17 bits per heavy atom. The molecule has 134 valence electrons. The van der Waals surface area contributed by atoms with Crippen LogP contribution in [-0.2, 0) is 10.0 Å². The summed E-state index contributed by atoms with van der Waals surface area (Å²) in [5, 5.41) is 3.05. The fourth-order valence-electron chi connectivity index (χ4n) is 3.69. The fraction of sp³-hybridized carbons (Fsp3) is 0.706. The van der Waals surface area contributed by atoms with Gasteiger partial charge >= 0.3 is 0 Å². The van der Waals surface area contributed by atoms with Crippen molar-refractivity contribution >= 4 is 15.9 Å². The first kappa shape index (κ1) is 17.5. The number of carbonyl (C=O) groups is 1. The largest absolute Gasteiger partial charge is 0.356 e. The molecule has 2 heterocycles. The summed E-state index contributed by atoms with van der Waals surface area (Å²) in [6.07, 6.45) is 8.78. The zero-order chi connectivity index (χ0) is 17.2. The summed E-state index contributed by atoms with van der Waals surface area (Å²) in [7, 11) is -3.50. The molecule has 1 saturated heterocycles. The number of aromatic nitrogens is 1. The van der Waals surface area contributed by atoms with Crippen molar-refractivity contribution in [2.45, 2.75) is 62.8 Å². The van der Waals surface area contributed by atoms with Crippen LogP contribution in [-0.4, -0.2) is 42.7 Å². The Morgan fingerprint density at radius 2 is 1.88 bits per heavy atom. The van der Waals surface area contributed by atoms with E-state index >= 15 is 0 Å². The predicted octanol–water partition coefficient (Wildman–Crippen LogP) is 2.50. The summed E-state index contributed by atoms with van der Waals surface area (Å²) in [5.74, 6) is 0.253.